The molecule has 23 heavy (non-hydrogen) atoms. The van der Waals surface area contributed by atoms with Gasteiger partial charge in [-0.3, -0.25) is 4.79 Å². The summed E-state index contributed by atoms with van der Waals surface area (Å²) >= 11 is 0. The third-order valence-corrected chi connectivity index (χ3v) is 5.10. The molecule has 1 saturated heterocycles. The topological polar surface area (TPSA) is 46.1 Å². The molecule has 0 aliphatic carbocycles. The number of amides is 1. The van der Waals surface area contributed by atoms with E-state index in [1.54, 1.807) is 6.33 Å². The Morgan fingerprint density at radius 2 is 2.09 bits per heavy atom. The Morgan fingerprint density at radius 3 is 2.96 bits per heavy atom. The minimum Gasteiger partial charge on any atom is -0.332 e. The highest BCUT2D eigenvalue weighted by Crippen LogP contribution is 2.43. The van der Waals surface area contributed by atoms with E-state index in [1.165, 1.54) is 5.56 Å². The molecule has 2 unspecified atom stereocenters. The zero-order valence-electron chi connectivity index (χ0n) is 13.2. The van der Waals surface area contributed by atoms with Gasteiger partial charge in [-0.15, -0.1) is 0 Å². The van der Waals surface area contributed by atoms with Gasteiger partial charge >= 0.3 is 0 Å². The van der Waals surface area contributed by atoms with Crippen LogP contribution in [0.5, 0.6) is 0 Å². The lowest BCUT2D eigenvalue weighted by molar-refractivity contribution is -0.134. The van der Waals surface area contributed by atoms with E-state index in [1.807, 2.05) is 12.3 Å². The molecule has 4 rings (SSSR count). The molecule has 0 saturated carbocycles. The molecule has 2 atom stereocenters. The van der Waals surface area contributed by atoms with Crippen molar-refractivity contribution in [2.45, 2.75) is 50.6 Å². The van der Waals surface area contributed by atoms with Gasteiger partial charge in [-0.2, -0.15) is 0 Å². The summed E-state index contributed by atoms with van der Waals surface area (Å²) in [6, 6.07) is 10.9. The number of hydrogen-bond donors (Lipinski definition) is 0. The van der Waals surface area contributed by atoms with Crippen LogP contribution < -0.4 is 0 Å². The van der Waals surface area contributed by atoms with Gasteiger partial charge in [0.25, 0.3) is 0 Å². The van der Waals surface area contributed by atoms with E-state index in [-0.39, 0.29) is 6.04 Å². The molecule has 118 valence electrons. The van der Waals surface area contributed by atoms with E-state index < -0.39 is 0 Å². The summed E-state index contributed by atoms with van der Waals surface area (Å²) in [5, 5.41) is 0. The average Bonchev–Trinajstić information content (AvgIpc) is 2.91. The molecule has 2 aliphatic rings. The first-order valence-corrected chi connectivity index (χ1v) is 8.47. The van der Waals surface area contributed by atoms with Crippen molar-refractivity contribution >= 4 is 5.91 Å². The van der Waals surface area contributed by atoms with Gasteiger partial charge in [0.05, 0.1) is 11.7 Å². The standard InChI is InChI=1S/C19H21N3O/c23-19(8-4-7-14-5-2-1-3-6-14)22-15-9-10-18(22)16-12-20-13-21-17(16)11-15/h1-3,5-6,12-13,15,18H,4,7-11H2. The molecule has 2 aromatic rings. The number of carbonyl (C=O) groups excluding carboxylic acids is 1. The molecule has 2 aliphatic heterocycles. The number of benzene rings is 1. The van der Waals surface area contributed by atoms with Gasteiger partial charge in [0.1, 0.15) is 6.33 Å². The molecule has 0 radical (unpaired) electrons. The van der Waals surface area contributed by atoms with Crippen molar-refractivity contribution in [3.05, 3.63) is 59.7 Å². The minimum atomic E-state index is 0.203. The lowest BCUT2D eigenvalue weighted by Crippen LogP contribution is -2.42. The minimum absolute atomic E-state index is 0.203. The first kappa shape index (κ1) is 14.4. The number of carbonyl (C=O) groups is 1. The normalized spacial score (nSPS) is 22.0. The summed E-state index contributed by atoms with van der Waals surface area (Å²) < 4.78 is 0. The number of hydrogen-bond acceptors (Lipinski definition) is 3. The highest BCUT2D eigenvalue weighted by Gasteiger charge is 2.42. The van der Waals surface area contributed by atoms with Crippen molar-refractivity contribution in [2.24, 2.45) is 0 Å². The summed E-state index contributed by atoms with van der Waals surface area (Å²) in [4.78, 5) is 23.4. The quantitative estimate of drug-likeness (QED) is 0.872. The molecule has 0 N–H and O–H groups in total. The second-order valence-electron chi connectivity index (χ2n) is 6.52. The van der Waals surface area contributed by atoms with E-state index >= 15 is 0 Å². The highest BCUT2D eigenvalue weighted by molar-refractivity contribution is 5.78. The molecule has 0 spiro atoms. The molecule has 2 bridgehead atoms. The molecule has 1 fully saturated rings. The van der Waals surface area contributed by atoms with Crippen molar-refractivity contribution in [2.75, 3.05) is 0 Å². The van der Waals surface area contributed by atoms with Crippen molar-refractivity contribution in [1.29, 1.82) is 0 Å². The Balaban J connectivity index is 1.42. The Kier molecular flexibility index (Phi) is 3.82. The number of nitrogens with zero attached hydrogens (tertiary/aromatic N) is 3. The lowest BCUT2D eigenvalue weighted by Gasteiger charge is -2.35. The first-order valence-electron chi connectivity index (χ1n) is 8.47. The maximum atomic E-state index is 12.7. The summed E-state index contributed by atoms with van der Waals surface area (Å²) in [7, 11) is 0. The molecular weight excluding hydrogens is 286 g/mol. The van der Waals surface area contributed by atoms with Gasteiger partial charge in [0.2, 0.25) is 5.91 Å². The van der Waals surface area contributed by atoms with Crippen LogP contribution in [-0.2, 0) is 17.6 Å². The maximum Gasteiger partial charge on any atom is 0.223 e. The zero-order valence-corrected chi connectivity index (χ0v) is 13.2. The number of aryl methyl sites for hydroxylation is 1. The summed E-state index contributed by atoms with van der Waals surface area (Å²) in [6.45, 7) is 0. The largest absolute Gasteiger partial charge is 0.332 e. The Bertz CT molecular complexity index is 701. The van der Waals surface area contributed by atoms with E-state index in [9.17, 15) is 4.79 Å². The van der Waals surface area contributed by atoms with Crippen molar-refractivity contribution < 1.29 is 4.79 Å². The molecule has 4 heteroatoms. The van der Waals surface area contributed by atoms with Crippen LogP contribution in [0.25, 0.3) is 0 Å². The Morgan fingerprint density at radius 1 is 1.22 bits per heavy atom. The van der Waals surface area contributed by atoms with Crippen LogP contribution in [0.2, 0.25) is 0 Å². The van der Waals surface area contributed by atoms with Crippen LogP contribution in [-0.4, -0.2) is 26.8 Å². The summed E-state index contributed by atoms with van der Waals surface area (Å²) in [5.41, 5.74) is 3.61. The van der Waals surface area contributed by atoms with E-state index in [4.69, 9.17) is 0 Å². The fraction of sp³-hybridized carbons (Fsp3) is 0.421. The van der Waals surface area contributed by atoms with E-state index in [0.29, 0.717) is 18.4 Å². The van der Waals surface area contributed by atoms with Gasteiger partial charge < -0.3 is 4.90 Å². The fourth-order valence-corrected chi connectivity index (χ4v) is 4.02. The third kappa shape index (κ3) is 2.74. The Labute approximate surface area is 136 Å². The number of rotatable bonds is 4. The van der Waals surface area contributed by atoms with Gasteiger partial charge in [0.15, 0.2) is 0 Å². The summed E-state index contributed by atoms with van der Waals surface area (Å²) in [5.74, 6) is 0.294. The van der Waals surface area contributed by atoms with E-state index in [2.05, 4.69) is 39.1 Å². The Hall–Kier alpha value is -2.23. The van der Waals surface area contributed by atoms with E-state index in [0.717, 1.165) is 43.4 Å². The molecule has 4 nitrogen and oxygen atoms in total. The van der Waals surface area contributed by atoms with Crippen molar-refractivity contribution in [3.63, 3.8) is 0 Å². The van der Waals surface area contributed by atoms with Crippen LogP contribution in [0.3, 0.4) is 0 Å². The van der Waals surface area contributed by atoms with Crippen molar-refractivity contribution in [3.8, 4) is 0 Å². The fourth-order valence-electron chi connectivity index (χ4n) is 4.02. The average molecular weight is 307 g/mol. The molecule has 1 amide bonds. The SMILES string of the molecule is O=C(CCCc1ccccc1)N1C2CCC1c1cncnc1C2. The third-order valence-electron chi connectivity index (χ3n) is 5.10. The van der Waals surface area contributed by atoms with Crippen LogP contribution >= 0.6 is 0 Å². The predicted molar refractivity (Wildman–Crippen MR) is 87.7 cm³/mol. The van der Waals surface area contributed by atoms with Gasteiger partial charge in [0, 0.05) is 30.6 Å². The monoisotopic (exact) mass is 307 g/mol. The summed E-state index contributed by atoms with van der Waals surface area (Å²) in [6.07, 6.45) is 9.06. The molecule has 1 aromatic heterocycles. The van der Waals surface area contributed by atoms with Gasteiger partial charge in [-0.1, -0.05) is 30.3 Å². The van der Waals surface area contributed by atoms with Gasteiger partial charge in [-0.05, 0) is 31.2 Å². The number of fused-ring (bicyclic) bond motifs is 4. The maximum absolute atomic E-state index is 12.7. The zero-order chi connectivity index (χ0) is 15.6. The van der Waals surface area contributed by atoms with Crippen LogP contribution in [0.1, 0.15) is 48.5 Å². The van der Waals surface area contributed by atoms with Gasteiger partial charge in [-0.25, -0.2) is 9.97 Å². The second-order valence-corrected chi connectivity index (χ2v) is 6.52. The first-order chi connectivity index (χ1) is 11.3. The van der Waals surface area contributed by atoms with Crippen LogP contribution in [0.4, 0.5) is 0 Å². The lowest BCUT2D eigenvalue weighted by atomic mass is 9.98. The molecule has 3 heterocycles. The molecular formula is C19H21N3O. The second kappa shape index (κ2) is 6.11. The van der Waals surface area contributed by atoms with Crippen molar-refractivity contribution in [1.82, 2.24) is 14.9 Å². The number of aromatic nitrogens is 2. The van der Waals surface area contributed by atoms with Crippen LogP contribution in [0.15, 0.2) is 42.9 Å². The van der Waals surface area contributed by atoms with Crippen LogP contribution in [0, 0.1) is 0 Å². The molecule has 1 aromatic carbocycles. The predicted octanol–water partition coefficient (Wildman–Crippen LogP) is 3.09. The highest BCUT2D eigenvalue weighted by atomic mass is 16.2. The smallest absolute Gasteiger partial charge is 0.223 e.